The average Bonchev–Trinajstić information content (AvgIpc) is 3.13. The maximum atomic E-state index is 14.7. The van der Waals surface area contributed by atoms with E-state index in [1.807, 2.05) is 19.0 Å². The second kappa shape index (κ2) is 11.7. The van der Waals surface area contributed by atoms with Gasteiger partial charge in [0.2, 0.25) is 5.95 Å². The Labute approximate surface area is 185 Å². The summed E-state index contributed by atoms with van der Waals surface area (Å²) in [4.78, 5) is 7.33. The van der Waals surface area contributed by atoms with Gasteiger partial charge < -0.3 is 14.5 Å². The van der Waals surface area contributed by atoms with Gasteiger partial charge in [0.1, 0.15) is 21.6 Å². The third kappa shape index (κ3) is 6.68. The van der Waals surface area contributed by atoms with Crippen LogP contribution in [0.4, 0.5) is 24.7 Å². The van der Waals surface area contributed by atoms with Crippen molar-refractivity contribution in [2.45, 2.75) is 31.6 Å². The van der Waals surface area contributed by atoms with Crippen molar-refractivity contribution in [2.24, 2.45) is 5.92 Å². The van der Waals surface area contributed by atoms with Crippen LogP contribution < -0.4 is 9.62 Å². The van der Waals surface area contributed by atoms with E-state index < -0.39 is 17.6 Å². The van der Waals surface area contributed by atoms with Crippen LogP contribution in [0.5, 0.6) is 0 Å². The quantitative estimate of drug-likeness (QED) is 0.321. The van der Waals surface area contributed by atoms with Crippen LogP contribution in [0.1, 0.15) is 26.7 Å². The summed E-state index contributed by atoms with van der Waals surface area (Å²) in [6.07, 6.45) is 2.20. The molecule has 0 saturated carbocycles. The van der Waals surface area contributed by atoms with E-state index in [4.69, 9.17) is 11.6 Å². The van der Waals surface area contributed by atoms with E-state index in [-0.39, 0.29) is 15.7 Å². The number of nitrogens with one attached hydrogen (secondary N) is 1. The summed E-state index contributed by atoms with van der Waals surface area (Å²) < 4.78 is 45.0. The molecule has 2 heterocycles. The van der Waals surface area contributed by atoms with Crippen LogP contribution in [0.25, 0.3) is 0 Å². The molecule has 0 radical (unpaired) electrons. The van der Waals surface area contributed by atoms with Crippen LogP contribution in [0.15, 0.2) is 29.2 Å². The molecule has 1 atom stereocenters. The fourth-order valence-corrected chi connectivity index (χ4v) is 4.17. The highest BCUT2D eigenvalue weighted by molar-refractivity contribution is 8.00. The first kappa shape index (κ1) is 24.6. The minimum absolute atomic E-state index is 0.113. The van der Waals surface area contributed by atoms with Crippen molar-refractivity contribution < 1.29 is 13.2 Å². The molecule has 1 aliphatic rings. The van der Waals surface area contributed by atoms with Crippen molar-refractivity contribution >= 4 is 35.1 Å². The zero-order valence-electron chi connectivity index (χ0n) is 17.7. The van der Waals surface area contributed by atoms with Crippen LogP contribution in [0.2, 0.25) is 5.02 Å². The molecule has 9 heteroatoms. The van der Waals surface area contributed by atoms with Crippen molar-refractivity contribution in [3.63, 3.8) is 0 Å². The molecule has 1 aromatic heterocycles. The van der Waals surface area contributed by atoms with Gasteiger partial charge in [0, 0.05) is 25.7 Å². The highest BCUT2D eigenvalue weighted by Gasteiger charge is 2.28. The van der Waals surface area contributed by atoms with Crippen molar-refractivity contribution in [3.05, 3.63) is 46.9 Å². The van der Waals surface area contributed by atoms with Gasteiger partial charge in [-0.05, 0) is 50.5 Å². The molecule has 0 bridgehead atoms. The van der Waals surface area contributed by atoms with Gasteiger partial charge in [-0.1, -0.05) is 37.9 Å². The largest absolute Gasteiger partial charge is 0.370 e. The predicted octanol–water partition coefficient (Wildman–Crippen LogP) is 6.08. The monoisotopic (exact) mass is 460 g/mol. The summed E-state index contributed by atoms with van der Waals surface area (Å²) >= 11 is 6.87. The van der Waals surface area contributed by atoms with Crippen LogP contribution >= 0.6 is 23.5 Å². The predicted molar refractivity (Wildman–Crippen MR) is 120 cm³/mol. The lowest BCUT2D eigenvalue weighted by Gasteiger charge is -2.22. The normalized spacial score (nSPS) is 15.9. The van der Waals surface area contributed by atoms with Crippen LogP contribution in [0, 0.1) is 23.5 Å². The van der Waals surface area contributed by atoms with Crippen molar-refractivity contribution in [1.82, 2.24) is 9.88 Å². The van der Waals surface area contributed by atoms with Crippen molar-refractivity contribution in [3.8, 4) is 0 Å². The molecule has 1 saturated heterocycles. The lowest BCUT2D eigenvalue weighted by molar-refractivity contribution is 0.340. The Bertz CT molecular complexity index is 838. The smallest absolute Gasteiger partial charge is 0.214 e. The second-order valence-corrected chi connectivity index (χ2v) is 8.65. The van der Waals surface area contributed by atoms with Gasteiger partial charge in [-0.25, -0.2) is 13.8 Å². The Kier molecular flexibility index (Phi) is 9.58. The summed E-state index contributed by atoms with van der Waals surface area (Å²) in [5.74, 6) is -1.66. The van der Waals surface area contributed by atoms with E-state index in [0.717, 1.165) is 13.0 Å². The number of halogens is 4. The molecular weight excluding hydrogens is 433 g/mol. The molecule has 1 unspecified atom stereocenters. The summed E-state index contributed by atoms with van der Waals surface area (Å²) in [5.41, 5.74) is 0.362. The molecule has 30 heavy (non-hydrogen) atoms. The van der Waals surface area contributed by atoms with Crippen LogP contribution in [-0.4, -0.2) is 43.6 Å². The van der Waals surface area contributed by atoms with Gasteiger partial charge in [-0.15, -0.1) is 0 Å². The van der Waals surface area contributed by atoms with Crippen LogP contribution in [0.3, 0.4) is 0 Å². The first-order chi connectivity index (χ1) is 14.3. The first-order valence-corrected chi connectivity index (χ1v) is 11.1. The van der Waals surface area contributed by atoms with E-state index in [9.17, 15) is 13.2 Å². The van der Waals surface area contributed by atoms with Crippen molar-refractivity contribution in [2.75, 3.05) is 43.4 Å². The maximum Gasteiger partial charge on any atom is 0.214 e. The molecule has 0 aliphatic carbocycles. The zero-order valence-corrected chi connectivity index (χ0v) is 19.3. The Hall–Kier alpha value is -1.64. The first-order valence-electron chi connectivity index (χ1n) is 9.89. The van der Waals surface area contributed by atoms with E-state index in [0.29, 0.717) is 36.6 Å². The molecule has 0 amide bonds. The number of anilines is 2. The van der Waals surface area contributed by atoms with E-state index in [2.05, 4.69) is 28.5 Å². The molecule has 4 nitrogen and oxygen atoms in total. The van der Waals surface area contributed by atoms with Crippen molar-refractivity contribution in [1.29, 1.82) is 0 Å². The minimum Gasteiger partial charge on any atom is -0.370 e. The molecule has 1 aliphatic heterocycles. The molecule has 3 rings (SSSR count). The topological polar surface area (TPSA) is 31.4 Å². The SMILES string of the molecule is CCC.CN(C)CC1CCN(c2cc(F)c(SNc3cccc(F)n3)c(F)c2Cl)C1. The van der Waals surface area contributed by atoms with Gasteiger partial charge in [-0.2, -0.15) is 4.39 Å². The highest BCUT2D eigenvalue weighted by atomic mass is 35.5. The number of pyridine rings is 1. The number of hydrogen-bond acceptors (Lipinski definition) is 5. The Balaban J connectivity index is 0.00000101. The molecule has 1 N–H and O–H groups in total. The standard InChI is InChI=1S/C18H20ClF3N4S.C3H8/c1-25(2)9-11-6-7-26(10-11)13-8-12(20)18(17(22)16(13)19)27-24-15-5-3-4-14(21)23-15;1-3-2/h3-5,8,11H,6-7,9-10H2,1-2H3,(H,23,24);3H2,1-2H3. The second-order valence-electron chi connectivity index (χ2n) is 7.45. The minimum atomic E-state index is -0.836. The van der Waals surface area contributed by atoms with Gasteiger partial charge >= 0.3 is 0 Å². The van der Waals surface area contributed by atoms with E-state index in [1.165, 1.54) is 30.7 Å². The molecule has 1 fully saturated rings. The Morgan fingerprint density at radius 2 is 1.97 bits per heavy atom. The lowest BCUT2D eigenvalue weighted by Crippen LogP contribution is -2.26. The highest BCUT2D eigenvalue weighted by Crippen LogP contribution is 2.38. The molecule has 2 aromatic rings. The summed E-state index contributed by atoms with van der Waals surface area (Å²) in [7, 11) is 4.00. The van der Waals surface area contributed by atoms with E-state index in [1.54, 1.807) is 0 Å². The van der Waals surface area contributed by atoms with Crippen LogP contribution in [-0.2, 0) is 0 Å². The lowest BCUT2D eigenvalue weighted by atomic mass is 10.1. The van der Waals surface area contributed by atoms with Gasteiger partial charge in [0.25, 0.3) is 0 Å². The fourth-order valence-electron chi connectivity index (χ4n) is 3.17. The zero-order chi connectivity index (χ0) is 22.3. The molecular formula is C21H28ClF3N4S. The third-order valence-electron chi connectivity index (χ3n) is 4.32. The summed E-state index contributed by atoms with van der Waals surface area (Å²) in [6.45, 7) is 6.57. The number of nitrogens with zero attached hydrogens (tertiary/aromatic N) is 3. The average molecular weight is 461 g/mol. The number of aromatic nitrogens is 1. The summed E-state index contributed by atoms with van der Waals surface area (Å²) in [5, 5.41) is -0.113. The fraction of sp³-hybridized carbons (Fsp3) is 0.476. The molecule has 166 valence electrons. The maximum absolute atomic E-state index is 14.7. The number of rotatable bonds is 6. The van der Waals surface area contributed by atoms with Gasteiger partial charge in [0.05, 0.1) is 5.69 Å². The molecule has 1 aromatic carbocycles. The van der Waals surface area contributed by atoms with Gasteiger partial charge in [0.15, 0.2) is 5.82 Å². The summed E-state index contributed by atoms with van der Waals surface area (Å²) in [6, 6.07) is 5.39. The molecule has 0 spiro atoms. The number of hydrogen-bond donors (Lipinski definition) is 1. The van der Waals surface area contributed by atoms with E-state index >= 15 is 0 Å². The third-order valence-corrected chi connectivity index (χ3v) is 5.57. The van der Waals surface area contributed by atoms with Gasteiger partial charge in [-0.3, -0.25) is 0 Å². The Morgan fingerprint density at radius 1 is 1.27 bits per heavy atom. The number of benzene rings is 1. The Morgan fingerprint density at radius 3 is 2.60 bits per heavy atom.